The van der Waals surface area contributed by atoms with Gasteiger partial charge in [0.15, 0.2) is 11.5 Å². The molecule has 3 rings (SSSR count). The third-order valence-corrected chi connectivity index (χ3v) is 4.33. The van der Waals surface area contributed by atoms with Crippen LogP contribution in [-0.4, -0.2) is 13.2 Å². The highest BCUT2D eigenvalue weighted by atomic mass is 79.9. The quantitative estimate of drug-likeness (QED) is 0.913. The van der Waals surface area contributed by atoms with E-state index in [-0.39, 0.29) is 6.04 Å². The highest BCUT2D eigenvalue weighted by molar-refractivity contribution is 9.10. The van der Waals surface area contributed by atoms with Crippen LogP contribution >= 0.6 is 15.9 Å². The molecule has 1 aliphatic rings. The van der Waals surface area contributed by atoms with Crippen LogP contribution in [0.5, 0.6) is 11.5 Å². The van der Waals surface area contributed by atoms with Crippen LogP contribution in [0.3, 0.4) is 0 Å². The third kappa shape index (κ3) is 3.39. The summed E-state index contributed by atoms with van der Waals surface area (Å²) in [5, 5.41) is 0. The van der Waals surface area contributed by atoms with Gasteiger partial charge in [-0.05, 0) is 36.1 Å². The topological polar surface area (TPSA) is 44.5 Å². The summed E-state index contributed by atoms with van der Waals surface area (Å²) in [6.07, 6.45) is 1.85. The van der Waals surface area contributed by atoms with Gasteiger partial charge in [-0.25, -0.2) is 0 Å². The number of hydrogen-bond acceptors (Lipinski definition) is 3. The summed E-state index contributed by atoms with van der Waals surface area (Å²) in [5.41, 5.74) is 8.72. The zero-order chi connectivity index (χ0) is 14.7. The van der Waals surface area contributed by atoms with E-state index in [1.54, 1.807) is 0 Å². The first-order chi connectivity index (χ1) is 10.2. The Balaban J connectivity index is 1.73. The van der Waals surface area contributed by atoms with Crippen LogP contribution in [0.1, 0.15) is 23.6 Å². The predicted octanol–water partition coefficient (Wildman–Crippen LogP) is 3.85. The number of ether oxygens (including phenoxy) is 2. The van der Waals surface area contributed by atoms with E-state index >= 15 is 0 Å². The second-order valence-electron chi connectivity index (χ2n) is 5.15. The van der Waals surface area contributed by atoms with Crippen molar-refractivity contribution in [2.45, 2.75) is 18.9 Å². The molecular weight excluding hydrogens is 330 g/mol. The molecule has 0 fully saturated rings. The Hall–Kier alpha value is -1.52. The average molecular weight is 348 g/mol. The van der Waals surface area contributed by atoms with Gasteiger partial charge in [0.2, 0.25) is 0 Å². The largest absolute Gasteiger partial charge is 0.486 e. The molecule has 0 amide bonds. The van der Waals surface area contributed by atoms with Gasteiger partial charge in [0, 0.05) is 10.5 Å². The molecule has 2 N–H and O–H groups in total. The van der Waals surface area contributed by atoms with Gasteiger partial charge >= 0.3 is 0 Å². The average Bonchev–Trinajstić information content (AvgIpc) is 2.53. The molecule has 2 aromatic rings. The van der Waals surface area contributed by atoms with Crippen molar-refractivity contribution >= 4 is 15.9 Å². The minimum Gasteiger partial charge on any atom is -0.486 e. The van der Waals surface area contributed by atoms with E-state index in [1.165, 1.54) is 5.56 Å². The number of nitrogens with two attached hydrogens (primary N) is 1. The molecule has 1 unspecified atom stereocenters. The van der Waals surface area contributed by atoms with E-state index < -0.39 is 0 Å². The normalized spacial score (nSPS) is 14.8. The highest BCUT2D eigenvalue weighted by Gasteiger charge is 2.18. The summed E-state index contributed by atoms with van der Waals surface area (Å²) in [5.74, 6) is 1.57. The zero-order valence-corrected chi connectivity index (χ0v) is 13.3. The SMILES string of the molecule is NC(CCc1ccccc1)c1cc2c(cc1Br)OCCO2. The molecule has 0 saturated carbocycles. The minimum atomic E-state index is -0.0320. The van der Waals surface area contributed by atoms with Crippen molar-refractivity contribution in [3.8, 4) is 11.5 Å². The van der Waals surface area contributed by atoms with Crippen molar-refractivity contribution in [3.63, 3.8) is 0 Å². The number of rotatable bonds is 4. The predicted molar refractivity (Wildman–Crippen MR) is 86.8 cm³/mol. The second-order valence-corrected chi connectivity index (χ2v) is 6.00. The monoisotopic (exact) mass is 347 g/mol. The Morgan fingerprint density at radius 1 is 1.05 bits per heavy atom. The maximum absolute atomic E-state index is 6.35. The molecule has 1 atom stereocenters. The molecule has 0 bridgehead atoms. The highest BCUT2D eigenvalue weighted by Crippen LogP contribution is 2.38. The van der Waals surface area contributed by atoms with Gasteiger partial charge in [0.05, 0.1) is 0 Å². The van der Waals surface area contributed by atoms with E-state index in [0.29, 0.717) is 13.2 Å². The van der Waals surface area contributed by atoms with Crippen molar-refractivity contribution < 1.29 is 9.47 Å². The summed E-state index contributed by atoms with van der Waals surface area (Å²) in [6, 6.07) is 14.3. The molecule has 0 aromatic heterocycles. The fraction of sp³-hybridized carbons (Fsp3) is 0.294. The molecule has 4 heteroatoms. The van der Waals surface area contributed by atoms with Crippen molar-refractivity contribution in [2.24, 2.45) is 5.73 Å². The fourth-order valence-electron chi connectivity index (χ4n) is 2.49. The molecule has 2 aromatic carbocycles. The molecule has 3 nitrogen and oxygen atoms in total. The van der Waals surface area contributed by atoms with Crippen LogP contribution in [0.4, 0.5) is 0 Å². The van der Waals surface area contributed by atoms with Gasteiger partial charge in [-0.1, -0.05) is 46.3 Å². The van der Waals surface area contributed by atoms with E-state index in [2.05, 4.69) is 40.2 Å². The van der Waals surface area contributed by atoms with Crippen molar-refractivity contribution in [3.05, 3.63) is 58.1 Å². The Kier molecular flexibility index (Phi) is 4.46. The molecule has 21 heavy (non-hydrogen) atoms. The van der Waals surface area contributed by atoms with Crippen LogP contribution in [0.25, 0.3) is 0 Å². The molecule has 0 saturated heterocycles. The van der Waals surface area contributed by atoms with Crippen LogP contribution in [0.2, 0.25) is 0 Å². The Labute approximate surface area is 133 Å². The minimum absolute atomic E-state index is 0.0320. The smallest absolute Gasteiger partial charge is 0.162 e. The Morgan fingerprint density at radius 3 is 2.43 bits per heavy atom. The fourth-order valence-corrected chi connectivity index (χ4v) is 3.10. The summed E-state index contributed by atoms with van der Waals surface area (Å²) < 4.78 is 12.2. The van der Waals surface area contributed by atoms with Gasteiger partial charge in [-0.15, -0.1) is 0 Å². The molecule has 1 heterocycles. The van der Waals surface area contributed by atoms with E-state index in [1.807, 2.05) is 18.2 Å². The van der Waals surface area contributed by atoms with E-state index in [4.69, 9.17) is 15.2 Å². The first-order valence-electron chi connectivity index (χ1n) is 7.12. The maximum atomic E-state index is 6.35. The molecule has 0 radical (unpaired) electrons. The Morgan fingerprint density at radius 2 is 1.71 bits per heavy atom. The summed E-state index contributed by atoms with van der Waals surface area (Å²) >= 11 is 3.59. The molecule has 1 aliphatic heterocycles. The molecule has 0 spiro atoms. The standard InChI is InChI=1S/C17H18BrNO2/c18-14-11-17-16(20-8-9-21-17)10-13(14)15(19)7-6-12-4-2-1-3-5-12/h1-5,10-11,15H,6-9,19H2. The number of aryl methyl sites for hydroxylation is 1. The van der Waals surface area contributed by atoms with Crippen LogP contribution in [-0.2, 0) is 6.42 Å². The number of halogens is 1. The van der Waals surface area contributed by atoms with E-state index in [9.17, 15) is 0 Å². The van der Waals surface area contributed by atoms with Gasteiger partial charge in [-0.2, -0.15) is 0 Å². The number of benzene rings is 2. The third-order valence-electron chi connectivity index (χ3n) is 3.65. The maximum Gasteiger partial charge on any atom is 0.162 e. The van der Waals surface area contributed by atoms with Crippen molar-refractivity contribution in [2.75, 3.05) is 13.2 Å². The lowest BCUT2D eigenvalue weighted by Gasteiger charge is -2.22. The van der Waals surface area contributed by atoms with Gasteiger partial charge in [0.25, 0.3) is 0 Å². The number of hydrogen-bond donors (Lipinski definition) is 1. The second kappa shape index (κ2) is 6.50. The zero-order valence-electron chi connectivity index (χ0n) is 11.7. The summed E-state index contributed by atoms with van der Waals surface area (Å²) in [6.45, 7) is 1.19. The molecular formula is C17H18BrNO2. The van der Waals surface area contributed by atoms with Crippen LogP contribution in [0, 0.1) is 0 Å². The first-order valence-corrected chi connectivity index (χ1v) is 7.92. The number of fused-ring (bicyclic) bond motifs is 1. The van der Waals surface area contributed by atoms with E-state index in [0.717, 1.165) is 34.4 Å². The Bertz CT molecular complexity index is 616. The first kappa shape index (κ1) is 14.4. The van der Waals surface area contributed by atoms with Gasteiger partial charge < -0.3 is 15.2 Å². The molecule has 110 valence electrons. The van der Waals surface area contributed by atoms with Crippen molar-refractivity contribution in [1.29, 1.82) is 0 Å². The van der Waals surface area contributed by atoms with Crippen molar-refractivity contribution in [1.82, 2.24) is 0 Å². The molecule has 0 aliphatic carbocycles. The van der Waals surface area contributed by atoms with Crippen LogP contribution in [0.15, 0.2) is 46.9 Å². The van der Waals surface area contributed by atoms with Gasteiger partial charge in [0.1, 0.15) is 13.2 Å². The summed E-state index contributed by atoms with van der Waals surface area (Å²) in [7, 11) is 0. The summed E-state index contributed by atoms with van der Waals surface area (Å²) in [4.78, 5) is 0. The van der Waals surface area contributed by atoms with Crippen LogP contribution < -0.4 is 15.2 Å². The lowest BCUT2D eigenvalue weighted by atomic mass is 9.99. The van der Waals surface area contributed by atoms with Gasteiger partial charge in [-0.3, -0.25) is 0 Å². The lowest BCUT2D eigenvalue weighted by Crippen LogP contribution is -2.17. The lowest BCUT2D eigenvalue weighted by molar-refractivity contribution is 0.171.